The highest BCUT2D eigenvalue weighted by atomic mass is 16.6. The van der Waals surface area contributed by atoms with Crippen LogP contribution in [0.2, 0.25) is 0 Å². The van der Waals surface area contributed by atoms with Crippen molar-refractivity contribution in [2.24, 2.45) is 35.5 Å². The first-order chi connectivity index (χ1) is 21.9. The van der Waals surface area contributed by atoms with Crippen molar-refractivity contribution in [1.82, 2.24) is 15.0 Å². The van der Waals surface area contributed by atoms with Crippen LogP contribution in [0.25, 0.3) is 0 Å². The number of methoxy groups -OCH3 is 2. The van der Waals surface area contributed by atoms with E-state index in [0.29, 0.717) is 5.76 Å². The van der Waals surface area contributed by atoms with E-state index in [9.17, 15) is 14.7 Å². The van der Waals surface area contributed by atoms with Crippen LogP contribution in [0.5, 0.6) is 0 Å². The molecule has 46 heavy (non-hydrogen) atoms. The SMILES string of the molecule is CC[C@H]1CCCC[C@@H](C)C(=O)C2=C[C@@H]3C([C@@H]2CC(=O)O1)[C@H](n1cc(C(C)(C)C)nn1)CC1C[C@@H](O[C@H](O)/C(OC)=C(/C)OC)C[C@H]13. The molecule has 1 N–H and O–H groups in total. The molecule has 0 radical (unpaired) electrons. The summed E-state index contributed by atoms with van der Waals surface area (Å²) in [7, 11) is 3.03. The Morgan fingerprint density at radius 2 is 1.87 bits per heavy atom. The molecule has 2 saturated carbocycles. The number of nitrogens with zero attached hydrogens (tertiary/aromatic N) is 3. The lowest BCUT2D eigenvalue weighted by molar-refractivity contribution is -0.151. The molecule has 5 rings (SSSR count). The van der Waals surface area contributed by atoms with E-state index in [0.717, 1.165) is 62.6 Å². The van der Waals surface area contributed by atoms with Crippen LogP contribution in [0, 0.1) is 35.5 Å². The molecule has 3 aliphatic carbocycles. The summed E-state index contributed by atoms with van der Waals surface area (Å²) in [5.41, 5.74) is 1.54. The molecular formula is C36H55N3O7. The van der Waals surface area contributed by atoms with Crippen molar-refractivity contribution >= 4 is 11.8 Å². The van der Waals surface area contributed by atoms with E-state index in [1.165, 1.54) is 14.2 Å². The number of allylic oxidation sites excluding steroid dienone is 3. The third-order valence-electron chi connectivity index (χ3n) is 11.2. The van der Waals surface area contributed by atoms with Gasteiger partial charge in [0.05, 0.1) is 38.5 Å². The molecule has 0 aromatic carbocycles. The molecule has 0 bridgehead atoms. The average molecular weight is 642 g/mol. The molecule has 10 nitrogen and oxygen atoms in total. The van der Waals surface area contributed by atoms with Crippen molar-refractivity contribution in [1.29, 1.82) is 0 Å². The number of aromatic nitrogens is 3. The van der Waals surface area contributed by atoms with Gasteiger partial charge in [0.15, 0.2) is 11.5 Å². The number of Topliss-reactive ketones (excluding diaryl/α,β-unsaturated/α-hetero) is 1. The summed E-state index contributed by atoms with van der Waals surface area (Å²) in [4.78, 5) is 27.7. The Bertz CT molecular complexity index is 1310. The maximum atomic E-state index is 14.2. The standard InChI is InChI=1S/C36H55N3O7/c1-9-23-13-11-10-12-20(2)33(41)28-17-26-25-16-24(46-35(42)34(44-8)21(3)43-7)14-22(25)15-29(32(26)27(28)18-31(40)45-23)39-19-30(37-38-39)36(4,5)6/h17,19-20,22-27,29,32,35,42H,9-16,18H2,1-8H3/b34-21+/t20-,22?,23+,24-,25-,26+,27-,29-,32?,35+/m1/s1. The number of fused-ring (bicyclic) bond motifs is 5. The highest BCUT2D eigenvalue weighted by Gasteiger charge is 2.56. The summed E-state index contributed by atoms with van der Waals surface area (Å²) < 4.78 is 25.0. The summed E-state index contributed by atoms with van der Waals surface area (Å²) >= 11 is 0. The van der Waals surface area contributed by atoms with Gasteiger partial charge in [-0.1, -0.05) is 52.3 Å². The molecule has 10 atom stereocenters. The molecule has 0 amide bonds. The van der Waals surface area contributed by atoms with Crippen LogP contribution in [0.3, 0.4) is 0 Å². The Kier molecular flexibility index (Phi) is 10.7. The highest BCUT2D eigenvalue weighted by Crippen LogP contribution is 2.60. The van der Waals surface area contributed by atoms with Crippen LogP contribution < -0.4 is 0 Å². The number of ketones is 1. The molecule has 2 unspecified atom stereocenters. The second-order valence-corrected chi connectivity index (χ2v) is 15.1. The van der Waals surface area contributed by atoms with Crippen LogP contribution >= 0.6 is 0 Å². The quantitative estimate of drug-likeness (QED) is 0.215. The van der Waals surface area contributed by atoms with Crippen molar-refractivity contribution in [3.8, 4) is 0 Å². The van der Waals surface area contributed by atoms with E-state index in [-0.39, 0.29) is 83.1 Å². The van der Waals surface area contributed by atoms with Gasteiger partial charge in [-0.15, -0.1) is 5.10 Å². The molecule has 1 aromatic rings. The fourth-order valence-corrected chi connectivity index (χ4v) is 8.62. The zero-order valence-electron chi connectivity index (χ0n) is 29.0. The van der Waals surface area contributed by atoms with Gasteiger partial charge in [0.2, 0.25) is 6.29 Å². The van der Waals surface area contributed by atoms with Crippen molar-refractivity contribution in [3.05, 3.63) is 35.1 Å². The molecule has 1 aliphatic heterocycles. The normalized spacial score (nSPS) is 35.0. The number of hydrogen-bond donors (Lipinski definition) is 1. The molecular weight excluding hydrogens is 586 g/mol. The zero-order chi connectivity index (χ0) is 33.3. The van der Waals surface area contributed by atoms with Gasteiger partial charge < -0.3 is 24.1 Å². The smallest absolute Gasteiger partial charge is 0.306 e. The van der Waals surface area contributed by atoms with Crippen molar-refractivity contribution < 1.29 is 33.6 Å². The van der Waals surface area contributed by atoms with E-state index < -0.39 is 6.29 Å². The van der Waals surface area contributed by atoms with Crippen LogP contribution in [0.4, 0.5) is 0 Å². The van der Waals surface area contributed by atoms with Gasteiger partial charge in [0, 0.05) is 23.4 Å². The number of hydrogen-bond acceptors (Lipinski definition) is 9. The Morgan fingerprint density at radius 1 is 1.13 bits per heavy atom. The Hall–Kier alpha value is -2.72. The van der Waals surface area contributed by atoms with Gasteiger partial charge in [-0.25, -0.2) is 4.68 Å². The first kappa shape index (κ1) is 34.6. The van der Waals surface area contributed by atoms with E-state index >= 15 is 0 Å². The lowest BCUT2D eigenvalue weighted by Gasteiger charge is -2.44. The van der Waals surface area contributed by atoms with Crippen molar-refractivity contribution in [3.63, 3.8) is 0 Å². The second-order valence-electron chi connectivity index (χ2n) is 15.1. The van der Waals surface area contributed by atoms with Crippen LogP contribution in [-0.2, 0) is 34.0 Å². The third kappa shape index (κ3) is 7.08. The number of aliphatic hydroxyl groups excluding tert-OH is 1. The van der Waals surface area contributed by atoms with Gasteiger partial charge in [-0.2, -0.15) is 0 Å². The highest BCUT2D eigenvalue weighted by molar-refractivity contribution is 5.98. The Morgan fingerprint density at radius 3 is 2.52 bits per heavy atom. The van der Waals surface area contributed by atoms with Gasteiger partial charge in [-0.3, -0.25) is 9.59 Å². The van der Waals surface area contributed by atoms with Gasteiger partial charge in [0.25, 0.3) is 0 Å². The molecule has 2 heterocycles. The van der Waals surface area contributed by atoms with E-state index in [1.54, 1.807) is 6.92 Å². The van der Waals surface area contributed by atoms with Crippen LogP contribution in [0.15, 0.2) is 29.4 Å². The fourth-order valence-electron chi connectivity index (χ4n) is 8.62. The predicted octanol–water partition coefficient (Wildman–Crippen LogP) is 6.05. The molecule has 4 aliphatic rings. The second kappa shape index (κ2) is 14.2. The number of carbonyl (C=O) groups excluding carboxylic acids is 2. The first-order valence-corrected chi connectivity index (χ1v) is 17.4. The number of carbonyl (C=O) groups is 2. The van der Waals surface area contributed by atoms with Crippen molar-refractivity contribution in [2.75, 3.05) is 14.2 Å². The number of aliphatic hydroxyl groups is 1. The Labute approximate surface area is 274 Å². The lowest BCUT2D eigenvalue weighted by Crippen LogP contribution is -2.41. The molecule has 0 spiro atoms. The monoisotopic (exact) mass is 641 g/mol. The van der Waals surface area contributed by atoms with Gasteiger partial charge in [-0.05, 0) is 81.1 Å². The number of rotatable bonds is 7. The molecule has 256 valence electrons. The number of esters is 1. The van der Waals surface area contributed by atoms with Crippen LogP contribution in [0.1, 0.15) is 111 Å². The van der Waals surface area contributed by atoms with E-state index in [4.69, 9.17) is 18.9 Å². The van der Waals surface area contributed by atoms with Crippen molar-refractivity contribution in [2.45, 2.75) is 129 Å². The van der Waals surface area contributed by atoms with Gasteiger partial charge >= 0.3 is 5.97 Å². The number of cyclic esters (lactones) is 1. The minimum Gasteiger partial charge on any atom is -0.498 e. The van der Waals surface area contributed by atoms with E-state index in [1.807, 2.05) is 11.6 Å². The summed E-state index contributed by atoms with van der Waals surface area (Å²) in [5, 5.41) is 20.2. The summed E-state index contributed by atoms with van der Waals surface area (Å²) in [6.07, 6.45) is 9.60. The molecule has 1 saturated heterocycles. The molecule has 3 fully saturated rings. The first-order valence-electron chi connectivity index (χ1n) is 17.4. The maximum absolute atomic E-state index is 14.2. The number of ether oxygens (including phenoxy) is 4. The van der Waals surface area contributed by atoms with Crippen LogP contribution in [-0.4, -0.2) is 64.6 Å². The summed E-state index contributed by atoms with van der Waals surface area (Å²) in [6, 6.07) is -0.0479. The maximum Gasteiger partial charge on any atom is 0.306 e. The van der Waals surface area contributed by atoms with E-state index in [2.05, 4.69) is 50.3 Å². The predicted molar refractivity (Wildman–Crippen MR) is 172 cm³/mol. The minimum absolute atomic E-state index is 0.00803. The molecule has 10 heteroatoms. The third-order valence-corrected chi connectivity index (χ3v) is 11.2. The zero-order valence-corrected chi connectivity index (χ0v) is 29.0. The minimum atomic E-state index is -1.24. The lowest BCUT2D eigenvalue weighted by atomic mass is 9.64. The van der Waals surface area contributed by atoms with Gasteiger partial charge in [0.1, 0.15) is 11.9 Å². The topological polar surface area (TPSA) is 122 Å². The Balaban J connectivity index is 1.51. The summed E-state index contributed by atoms with van der Waals surface area (Å²) in [5.74, 6) is 0.883. The largest absolute Gasteiger partial charge is 0.498 e. The molecule has 1 aromatic heterocycles. The average Bonchev–Trinajstić information content (AvgIpc) is 3.75. The fraction of sp³-hybridized carbons (Fsp3) is 0.778. The summed E-state index contributed by atoms with van der Waals surface area (Å²) in [6.45, 7) is 12.2.